The predicted octanol–water partition coefficient (Wildman–Crippen LogP) is 5.03. The maximum Gasteiger partial charge on any atom is 0.337 e. The minimum absolute atomic E-state index is 0.00287. The molecule has 0 aromatic heterocycles. The Morgan fingerprint density at radius 3 is 2.61 bits per heavy atom. The number of ether oxygens (including phenoxy) is 3. The Morgan fingerprint density at radius 2 is 1.97 bits per heavy atom. The van der Waals surface area contributed by atoms with Crippen LogP contribution in [-0.2, 0) is 37.4 Å². The number of ketones is 1. The van der Waals surface area contributed by atoms with E-state index in [4.69, 9.17) is 23.3 Å². The van der Waals surface area contributed by atoms with Gasteiger partial charge in [-0.3, -0.25) is 14.2 Å². The number of unbranched alkanes of at least 4 members (excludes halogenated alkanes) is 1. The molecule has 0 N–H and O–H groups in total. The van der Waals surface area contributed by atoms with Gasteiger partial charge in [-0.1, -0.05) is 28.1 Å². The molecule has 1 saturated carbocycles. The van der Waals surface area contributed by atoms with Crippen LogP contribution in [-0.4, -0.2) is 62.6 Å². The van der Waals surface area contributed by atoms with E-state index in [0.717, 1.165) is 44.9 Å². The molecule has 33 heavy (non-hydrogen) atoms. The molecule has 0 aromatic carbocycles. The fourth-order valence-electron chi connectivity index (χ4n) is 4.37. The van der Waals surface area contributed by atoms with Crippen molar-refractivity contribution in [1.29, 1.82) is 0 Å². The second-order valence-electron chi connectivity index (χ2n) is 8.69. The average Bonchev–Trinajstić information content (AvgIpc) is 3.21. The Balaban J connectivity index is 1.93. The zero-order chi connectivity index (χ0) is 24.3. The van der Waals surface area contributed by atoms with E-state index in [1.165, 1.54) is 14.2 Å². The minimum Gasteiger partial charge on any atom is -0.462 e. The Kier molecular flexibility index (Phi) is 12.8. The number of carbonyl (C=O) groups excluding carboxylic acids is 2. The smallest absolute Gasteiger partial charge is 0.337 e. The number of halogens is 1. The Labute approximate surface area is 205 Å². The Bertz CT molecular complexity index is 686. The second-order valence-corrected chi connectivity index (χ2v) is 11.5. The summed E-state index contributed by atoms with van der Waals surface area (Å²) < 4.78 is 39.6. The highest BCUT2D eigenvalue weighted by Gasteiger charge is 2.41. The largest absolute Gasteiger partial charge is 0.462 e. The number of Topliss-reactive ketones (excluding diaryl/α,β-unsaturated/α-hetero) is 1. The fraction of sp³-hybridized carbons (Fsp3) is 0.826. The van der Waals surface area contributed by atoms with Gasteiger partial charge in [0.1, 0.15) is 17.3 Å². The van der Waals surface area contributed by atoms with Gasteiger partial charge in [0.05, 0.1) is 12.2 Å². The topological polar surface area (TPSA) is 97.4 Å². The SMILES string of the molecule is COP(=O)(CC(=O)[C@H]1C[C@@H](OC2CCCCO2)C[C@H]1/C=C/CCC[C@H](C)OC(=O)CBr)OC. The maximum atomic E-state index is 13.0. The van der Waals surface area contributed by atoms with E-state index in [2.05, 4.69) is 28.1 Å². The van der Waals surface area contributed by atoms with Gasteiger partial charge in [-0.2, -0.15) is 0 Å². The summed E-state index contributed by atoms with van der Waals surface area (Å²) >= 11 is 3.09. The van der Waals surface area contributed by atoms with Crippen LogP contribution in [0.15, 0.2) is 12.2 Å². The molecule has 0 amide bonds. The molecule has 0 bridgehead atoms. The van der Waals surface area contributed by atoms with E-state index >= 15 is 0 Å². The van der Waals surface area contributed by atoms with Gasteiger partial charge in [0.2, 0.25) is 0 Å². The third kappa shape index (κ3) is 9.90. The van der Waals surface area contributed by atoms with Crippen molar-refractivity contribution in [3.05, 3.63) is 12.2 Å². The summed E-state index contributed by atoms with van der Waals surface area (Å²) in [6.45, 7) is 2.59. The molecule has 0 radical (unpaired) electrons. The molecule has 0 spiro atoms. The Morgan fingerprint density at radius 1 is 1.21 bits per heavy atom. The number of hydrogen-bond acceptors (Lipinski definition) is 8. The molecule has 2 aliphatic rings. The standard InChI is InChI=1S/C23H38BrO8P/c1-17(31-22(26)15-24)9-5-4-6-10-18-13-19(32-23-11-7-8-12-30-23)14-20(18)21(25)16-33(27,28-2)29-3/h6,10,17-20,23H,4-5,7-9,11-16H2,1-3H3/b10-6+/t17-,18+,19-,20-,23?/m0/s1. The van der Waals surface area contributed by atoms with Crippen molar-refractivity contribution < 1.29 is 37.4 Å². The number of allylic oxidation sites excluding steroid dienone is 2. The minimum atomic E-state index is -3.42. The molecule has 1 unspecified atom stereocenters. The highest BCUT2D eigenvalue weighted by molar-refractivity contribution is 9.09. The number of alkyl halides is 1. The predicted molar refractivity (Wildman–Crippen MR) is 129 cm³/mol. The molecule has 8 nitrogen and oxygen atoms in total. The molecule has 1 aliphatic heterocycles. The van der Waals surface area contributed by atoms with Crippen LogP contribution in [0.2, 0.25) is 0 Å². The maximum absolute atomic E-state index is 13.0. The van der Waals surface area contributed by atoms with Crippen LogP contribution >= 0.6 is 23.5 Å². The van der Waals surface area contributed by atoms with Crippen molar-refractivity contribution in [2.24, 2.45) is 11.8 Å². The number of carbonyl (C=O) groups is 2. The van der Waals surface area contributed by atoms with Gasteiger partial charge in [0, 0.05) is 26.7 Å². The van der Waals surface area contributed by atoms with Crippen molar-refractivity contribution in [2.45, 2.75) is 76.8 Å². The van der Waals surface area contributed by atoms with Crippen molar-refractivity contribution in [1.82, 2.24) is 0 Å². The van der Waals surface area contributed by atoms with Crippen LogP contribution in [0.25, 0.3) is 0 Å². The van der Waals surface area contributed by atoms with Crippen LogP contribution in [0.4, 0.5) is 0 Å². The van der Waals surface area contributed by atoms with E-state index in [1.54, 1.807) is 0 Å². The van der Waals surface area contributed by atoms with Crippen LogP contribution in [0.5, 0.6) is 0 Å². The first-order chi connectivity index (χ1) is 15.8. The number of rotatable bonds is 14. The first kappa shape index (κ1) is 28.7. The highest BCUT2D eigenvalue weighted by Crippen LogP contribution is 2.48. The van der Waals surface area contributed by atoms with Crippen molar-refractivity contribution in [2.75, 3.05) is 32.3 Å². The molecule has 10 heteroatoms. The molecule has 190 valence electrons. The molecule has 1 saturated heterocycles. The van der Waals surface area contributed by atoms with Crippen molar-refractivity contribution >= 4 is 35.3 Å². The third-order valence-corrected chi connectivity index (χ3v) is 8.45. The summed E-state index contributed by atoms with van der Waals surface area (Å²) in [6.07, 6.45) is 10.2. The van der Waals surface area contributed by atoms with Gasteiger partial charge in [0.15, 0.2) is 6.29 Å². The molecule has 2 fully saturated rings. The number of esters is 1. The highest BCUT2D eigenvalue weighted by atomic mass is 79.9. The monoisotopic (exact) mass is 552 g/mol. The third-order valence-electron chi connectivity index (χ3n) is 6.18. The molecular formula is C23H38BrO8P. The summed E-state index contributed by atoms with van der Waals surface area (Å²) in [4.78, 5) is 24.4. The van der Waals surface area contributed by atoms with Crippen LogP contribution in [0, 0.1) is 11.8 Å². The molecule has 2 rings (SSSR count). The van der Waals surface area contributed by atoms with Gasteiger partial charge in [0.25, 0.3) is 0 Å². The van der Waals surface area contributed by atoms with Gasteiger partial charge in [-0.15, -0.1) is 0 Å². The first-order valence-corrected chi connectivity index (χ1v) is 14.6. The van der Waals surface area contributed by atoms with Crippen molar-refractivity contribution in [3.8, 4) is 0 Å². The van der Waals surface area contributed by atoms with E-state index < -0.39 is 7.60 Å². The number of hydrogen-bond donors (Lipinski definition) is 0. The lowest BCUT2D eigenvalue weighted by molar-refractivity contribution is -0.187. The fourth-order valence-corrected chi connectivity index (χ4v) is 5.53. The van der Waals surface area contributed by atoms with Gasteiger partial charge in [-0.25, -0.2) is 0 Å². The van der Waals surface area contributed by atoms with Crippen LogP contribution in [0.3, 0.4) is 0 Å². The normalized spacial score (nSPS) is 27.0. The van der Waals surface area contributed by atoms with E-state index in [0.29, 0.717) is 13.0 Å². The van der Waals surface area contributed by atoms with Crippen LogP contribution < -0.4 is 0 Å². The van der Waals surface area contributed by atoms with Gasteiger partial charge >= 0.3 is 13.6 Å². The average molecular weight is 553 g/mol. The lowest BCUT2D eigenvalue weighted by Crippen LogP contribution is -2.27. The van der Waals surface area contributed by atoms with E-state index in [1.807, 2.05) is 6.92 Å². The molecular weight excluding hydrogens is 515 g/mol. The summed E-state index contributed by atoms with van der Waals surface area (Å²) in [7, 11) is -0.821. The summed E-state index contributed by atoms with van der Waals surface area (Å²) in [6, 6.07) is 0. The molecule has 5 atom stereocenters. The Hall–Kier alpha value is -0.570. The molecule has 1 aliphatic carbocycles. The van der Waals surface area contributed by atoms with Crippen molar-refractivity contribution in [3.63, 3.8) is 0 Å². The quantitative estimate of drug-likeness (QED) is 0.0972. The molecule has 1 heterocycles. The van der Waals surface area contributed by atoms with Crippen LogP contribution in [0.1, 0.15) is 58.3 Å². The lowest BCUT2D eigenvalue weighted by atomic mass is 9.92. The van der Waals surface area contributed by atoms with Gasteiger partial charge in [-0.05, 0) is 64.2 Å². The summed E-state index contributed by atoms with van der Waals surface area (Å²) in [5.41, 5.74) is 0. The van der Waals surface area contributed by atoms with Gasteiger partial charge < -0.3 is 23.3 Å². The lowest BCUT2D eigenvalue weighted by Gasteiger charge is -2.26. The van der Waals surface area contributed by atoms with E-state index in [-0.39, 0.29) is 53.6 Å². The summed E-state index contributed by atoms with van der Waals surface area (Å²) in [5, 5.41) is 0.197. The van der Waals surface area contributed by atoms with E-state index in [9.17, 15) is 14.2 Å². The summed E-state index contributed by atoms with van der Waals surface area (Å²) in [5.74, 6) is -0.686. The zero-order valence-electron chi connectivity index (χ0n) is 19.9. The second kappa shape index (κ2) is 14.7. The molecule has 0 aromatic rings. The first-order valence-electron chi connectivity index (χ1n) is 11.7. The zero-order valence-corrected chi connectivity index (χ0v) is 22.4.